The lowest BCUT2D eigenvalue weighted by Gasteiger charge is -2.24. The van der Waals surface area contributed by atoms with E-state index in [0.717, 1.165) is 35.1 Å². The number of nitrogens with one attached hydrogen (secondary N) is 2. The minimum absolute atomic E-state index is 0.00516. The Morgan fingerprint density at radius 3 is 2.42 bits per heavy atom. The lowest BCUT2D eigenvalue weighted by Crippen LogP contribution is -2.38. The van der Waals surface area contributed by atoms with Crippen molar-refractivity contribution in [3.63, 3.8) is 0 Å². The van der Waals surface area contributed by atoms with Gasteiger partial charge in [0.05, 0.1) is 51.4 Å². The zero-order chi connectivity index (χ0) is 45.7. The number of sulfonamides is 1. The molecule has 0 spiro atoms. The number of hydrogen-bond acceptors (Lipinski definition) is 8. The van der Waals surface area contributed by atoms with E-state index < -0.39 is 100 Å². The van der Waals surface area contributed by atoms with Crippen LogP contribution in [0, 0.1) is 23.4 Å². The van der Waals surface area contributed by atoms with Gasteiger partial charge in [-0.15, -0.1) is 0 Å². The summed E-state index contributed by atoms with van der Waals surface area (Å²) in [5.74, 6) is -9.98. The van der Waals surface area contributed by atoms with Gasteiger partial charge in [0, 0.05) is 31.0 Å². The molecule has 0 saturated heterocycles. The summed E-state index contributed by atoms with van der Waals surface area (Å²) < 4.78 is 133. The first-order valence-corrected chi connectivity index (χ1v) is 21.6. The van der Waals surface area contributed by atoms with E-state index in [-0.39, 0.29) is 67.3 Å². The first-order chi connectivity index (χ1) is 30.2. The number of halogens is 8. The van der Waals surface area contributed by atoms with Crippen LogP contribution >= 0.6 is 11.6 Å². The van der Waals surface area contributed by atoms with Crippen LogP contribution in [-0.2, 0) is 47.4 Å². The quantitative estimate of drug-likeness (QED) is 0.107. The number of carbonyl (C=O) groups excluding carboxylic acids is 1. The third kappa shape index (κ3) is 7.43. The largest absolute Gasteiger partial charge is 0.392 e. The molecule has 332 valence electrons. The van der Waals surface area contributed by atoms with Crippen molar-refractivity contribution in [1.29, 1.82) is 0 Å². The van der Waals surface area contributed by atoms with Crippen molar-refractivity contribution in [2.45, 2.75) is 50.3 Å². The van der Waals surface area contributed by atoms with Gasteiger partial charge >= 0.3 is 0 Å². The fraction of sp³-hybridized carbons (Fsp3) is 0.262. The Morgan fingerprint density at radius 1 is 1.00 bits per heavy atom. The molecule has 3 atom stereocenters. The van der Waals surface area contributed by atoms with Crippen molar-refractivity contribution in [2.24, 2.45) is 13.0 Å². The molecule has 3 unspecified atom stereocenters. The number of benzene rings is 4. The number of carbonyl (C=O) groups is 1. The van der Waals surface area contributed by atoms with Gasteiger partial charge in [-0.1, -0.05) is 23.7 Å². The molecule has 3 N–H and O–H groups in total. The van der Waals surface area contributed by atoms with E-state index in [1.807, 2.05) is 0 Å². The van der Waals surface area contributed by atoms with Crippen molar-refractivity contribution < 1.29 is 49.1 Å². The molecule has 1 amide bonds. The molecule has 64 heavy (non-hydrogen) atoms. The normalized spacial score (nSPS) is 16.9. The van der Waals surface area contributed by atoms with E-state index in [4.69, 9.17) is 16.6 Å². The van der Waals surface area contributed by atoms with Crippen molar-refractivity contribution in [3.05, 3.63) is 133 Å². The number of alkyl halides is 4. The van der Waals surface area contributed by atoms with Crippen LogP contribution in [0.2, 0.25) is 5.02 Å². The second-order valence-corrected chi connectivity index (χ2v) is 17.9. The van der Waals surface area contributed by atoms with Gasteiger partial charge in [-0.2, -0.15) is 19.0 Å². The summed E-state index contributed by atoms with van der Waals surface area (Å²) in [5.41, 5.74) is -2.01. The molecule has 22 heteroatoms. The summed E-state index contributed by atoms with van der Waals surface area (Å²) in [4.78, 5) is 34.0. The Bertz CT molecular complexity index is 3270. The molecule has 3 heterocycles. The number of aromatic nitrogens is 6. The summed E-state index contributed by atoms with van der Waals surface area (Å²) in [6, 6.07) is 11.6. The van der Waals surface area contributed by atoms with Crippen LogP contribution in [0.5, 0.6) is 0 Å². The number of rotatable bonds is 12. The SMILES string of the molecule is Cn1nc(NS(C)(=O)=O)c2c(Cl)ccc(-n3c(C(Cc4cc(F)cc(F)c4)NC(=O)Cn4nc(C(F)F)c5c4C(F)(F)C4CC54)nc4cc(-c5ccc(F)cc5CO)ccc4c3=O)c21. The van der Waals surface area contributed by atoms with Crippen molar-refractivity contribution in [3.8, 4) is 16.8 Å². The summed E-state index contributed by atoms with van der Waals surface area (Å²) >= 11 is 6.62. The first kappa shape index (κ1) is 43.0. The Hall–Kier alpha value is -6.32. The molecule has 3 aromatic heterocycles. The maximum atomic E-state index is 15.5. The molecule has 9 rings (SSSR count). The summed E-state index contributed by atoms with van der Waals surface area (Å²) in [7, 11) is -2.52. The predicted molar refractivity (Wildman–Crippen MR) is 219 cm³/mol. The van der Waals surface area contributed by atoms with Crippen molar-refractivity contribution >= 4 is 55.2 Å². The number of nitrogens with zero attached hydrogens (tertiary/aromatic N) is 6. The highest BCUT2D eigenvalue weighted by atomic mass is 35.5. The topological polar surface area (TPSA) is 166 Å². The summed E-state index contributed by atoms with van der Waals surface area (Å²) in [6.45, 7) is -1.59. The smallest absolute Gasteiger partial charge is 0.293 e. The summed E-state index contributed by atoms with van der Waals surface area (Å²) in [5, 5.41) is 20.7. The highest BCUT2D eigenvalue weighted by molar-refractivity contribution is 7.92. The Labute approximate surface area is 362 Å². The Balaban J connectivity index is 1.27. The lowest BCUT2D eigenvalue weighted by atomic mass is 9.98. The standard InChI is InChI=1S/C42H32ClF7N8O5S/c1-56-36-31(8-7-28(43)34(36)39(54-56)55-64(2,62)63)58-40(52-29-13-19(3-5-25(29)41(58)61)24-6-4-21(44)12-20(24)17-59)30(11-18-9-22(45)14-23(46)10-18)51-32(60)16-57-37-33(35(53-57)38(47)48)26-15-27(26)42(37,49)50/h3-10,12-14,26-27,30,38,59H,11,15-17H2,1-2H3,(H,51,60)(H,54,55). The Morgan fingerprint density at radius 2 is 1.73 bits per heavy atom. The third-order valence-electron chi connectivity index (χ3n) is 11.4. The lowest BCUT2D eigenvalue weighted by molar-refractivity contribution is -0.123. The minimum Gasteiger partial charge on any atom is -0.392 e. The average molecular weight is 929 g/mol. The molecule has 13 nitrogen and oxygen atoms in total. The zero-order valence-corrected chi connectivity index (χ0v) is 34.8. The number of aliphatic hydroxyl groups is 1. The van der Waals surface area contributed by atoms with Gasteiger partial charge in [0.1, 0.15) is 41.2 Å². The van der Waals surface area contributed by atoms with Gasteiger partial charge in [-0.25, -0.2) is 35.4 Å². The predicted octanol–water partition coefficient (Wildman–Crippen LogP) is 7.32. The molecule has 4 aromatic carbocycles. The number of fused-ring (bicyclic) bond motifs is 5. The maximum Gasteiger partial charge on any atom is 0.293 e. The molecule has 7 aromatic rings. The van der Waals surface area contributed by atoms with E-state index >= 15 is 13.6 Å². The number of anilines is 1. The van der Waals surface area contributed by atoms with Crippen LogP contribution < -0.4 is 15.6 Å². The molecule has 1 fully saturated rings. The van der Waals surface area contributed by atoms with Gasteiger partial charge in [0.25, 0.3) is 17.9 Å². The van der Waals surface area contributed by atoms with Gasteiger partial charge in [0.2, 0.25) is 15.9 Å². The average Bonchev–Trinajstić information content (AvgIpc) is 3.75. The van der Waals surface area contributed by atoms with Crippen LogP contribution in [0.1, 0.15) is 58.7 Å². The van der Waals surface area contributed by atoms with E-state index in [1.165, 1.54) is 48.1 Å². The monoisotopic (exact) mass is 928 g/mol. The second kappa shape index (κ2) is 15.4. The van der Waals surface area contributed by atoms with Crippen LogP contribution in [-0.4, -0.2) is 54.8 Å². The fourth-order valence-corrected chi connectivity index (χ4v) is 9.46. The van der Waals surface area contributed by atoms with Gasteiger partial charge in [-0.05, 0) is 83.1 Å². The molecule has 2 aliphatic rings. The van der Waals surface area contributed by atoms with Crippen molar-refractivity contribution in [1.82, 2.24) is 34.4 Å². The molecular formula is C42H32ClF7N8O5S. The van der Waals surface area contributed by atoms with Gasteiger partial charge in [-0.3, -0.25) is 28.2 Å². The van der Waals surface area contributed by atoms with Crippen LogP contribution in [0.3, 0.4) is 0 Å². The van der Waals surface area contributed by atoms with E-state index in [1.54, 1.807) is 0 Å². The molecular weight excluding hydrogens is 897 g/mol. The molecule has 0 bridgehead atoms. The van der Waals surface area contributed by atoms with E-state index in [0.29, 0.717) is 21.9 Å². The molecule has 0 aliphatic heterocycles. The second-order valence-electron chi connectivity index (χ2n) is 15.7. The third-order valence-corrected chi connectivity index (χ3v) is 12.2. The van der Waals surface area contributed by atoms with Crippen LogP contribution in [0.15, 0.2) is 71.5 Å². The molecule has 2 aliphatic carbocycles. The maximum absolute atomic E-state index is 15.5. The van der Waals surface area contributed by atoms with E-state index in [2.05, 4.69) is 20.2 Å². The summed E-state index contributed by atoms with van der Waals surface area (Å²) in [6.07, 6.45) is -2.90. The highest BCUT2D eigenvalue weighted by Gasteiger charge is 2.67. The Kier molecular flexibility index (Phi) is 10.4. The van der Waals surface area contributed by atoms with E-state index in [9.17, 15) is 40.3 Å². The molecule has 0 radical (unpaired) electrons. The number of aliphatic hydroxyl groups excluding tert-OH is 1. The zero-order valence-electron chi connectivity index (χ0n) is 33.2. The number of hydrogen-bond donors (Lipinski definition) is 3. The highest BCUT2D eigenvalue weighted by Crippen LogP contribution is 2.68. The van der Waals surface area contributed by atoms with Gasteiger partial charge in [0.15, 0.2) is 5.82 Å². The molecule has 1 saturated carbocycles. The number of aryl methyl sites for hydroxylation is 1. The van der Waals surface area contributed by atoms with Crippen molar-refractivity contribution in [2.75, 3.05) is 11.0 Å². The minimum atomic E-state index is -3.95. The van der Waals surface area contributed by atoms with Crippen LogP contribution in [0.25, 0.3) is 38.6 Å². The van der Waals surface area contributed by atoms with Crippen LogP contribution in [0.4, 0.5) is 36.6 Å². The van der Waals surface area contributed by atoms with Gasteiger partial charge < -0.3 is 10.4 Å². The number of amides is 1. The first-order valence-electron chi connectivity index (χ1n) is 19.3. The fourth-order valence-electron chi connectivity index (χ4n) is 8.72.